The van der Waals surface area contributed by atoms with Gasteiger partial charge in [0.25, 0.3) is 10.0 Å². The molecular weight excluding hydrogens is 406 g/mol. The van der Waals surface area contributed by atoms with Crippen LogP contribution in [0.15, 0.2) is 53.4 Å². The first-order chi connectivity index (χ1) is 13.3. The minimum Gasteiger partial charge on any atom is -0.450 e. The molecular formula is C18H18ClN3O5S. The molecule has 28 heavy (non-hydrogen) atoms. The quantitative estimate of drug-likeness (QED) is 0.767. The van der Waals surface area contributed by atoms with E-state index in [-0.39, 0.29) is 28.8 Å². The van der Waals surface area contributed by atoms with E-state index >= 15 is 0 Å². The van der Waals surface area contributed by atoms with Crippen LogP contribution in [0.5, 0.6) is 0 Å². The van der Waals surface area contributed by atoms with Crippen molar-refractivity contribution in [1.82, 2.24) is 9.62 Å². The number of nitrogens with zero attached hydrogens (tertiary/aromatic N) is 1. The molecule has 0 aromatic heterocycles. The van der Waals surface area contributed by atoms with Gasteiger partial charge < -0.3 is 10.1 Å². The summed E-state index contributed by atoms with van der Waals surface area (Å²) in [4.78, 5) is 23.6. The zero-order valence-corrected chi connectivity index (χ0v) is 16.5. The number of sulfonamides is 1. The molecule has 0 bridgehead atoms. The van der Waals surface area contributed by atoms with Gasteiger partial charge in [0.2, 0.25) is 0 Å². The zero-order chi connectivity index (χ0) is 20.3. The lowest BCUT2D eigenvalue weighted by Gasteiger charge is -2.16. The third-order valence-corrected chi connectivity index (χ3v) is 6.17. The van der Waals surface area contributed by atoms with Crippen molar-refractivity contribution in [3.63, 3.8) is 0 Å². The van der Waals surface area contributed by atoms with Crippen molar-refractivity contribution in [2.24, 2.45) is 0 Å². The van der Waals surface area contributed by atoms with Crippen LogP contribution in [0, 0.1) is 0 Å². The van der Waals surface area contributed by atoms with E-state index in [9.17, 15) is 18.0 Å². The zero-order valence-electron chi connectivity index (χ0n) is 14.9. The summed E-state index contributed by atoms with van der Waals surface area (Å²) in [5.74, 6) is 0. The van der Waals surface area contributed by atoms with Crippen molar-refractivity contribution in [3.05, 3.63) is 59.1 Å². The molecule has 0 spiro atoms. The molecule has 0 aliphatic carbocycles. The summed E-state index contributed by atoms with van der Waals surface area (Å²) in [5, 5.41) is 5.09. The number of hydrogen-bond acceptors (Lipinski definition) is 5. The monoisotopic (exact) mass is 423 g/mol. The summed E-state index contributed by atoms with van der Waals surface area (Å²) in [7, 11) is -4.11. The largest absolute Gasteiger partial charge is 0.450 e. The topological polar surface area (TPSA) is 105 Å². The average Bonchev–Trinajstić information content (AvgIpc) is 3.07. The Hall–Kier alpha value is -2.78. The summed E-state index contributed by atoms with van der Waals surface area (Å²) in [6.45, 7) is 1.80. The summed E-state index contributed by atoms with van der Waals surface area (Å²) >= 11 is 6.09. The lowest BCUT2D eigenvalue weighted by Crippen LogP contribution is -2.34. The van der Waals surface area contributed by atoms with Crippen molar-refractivity contribution in [2.45, 2.75) is 17.9 Å². The minimum absolute atomic E-state index is 0.00772. The highest BCUT2D eigenvalue weighted by Crippen LogP contribution is 2.30. The van der Waals surface area contributed by atoms with Crippen LogP contribution in [0.3, 0.4) is 0 Å². The number of hydrogen-bond donors (Lipinski definition) is 2. The molecule has 2 aromatic carbocycles. The molecule has 1 atom stereocenters. The van der Waals surface area contributed by atoms with Crippen LogP contribution >= 0.6 is 11.6 Å². The van der Waals surface area contributed by atoms with Gasteiger partial charge in [-0.3, -0.25) is 5.32 Å². The SMILES string of the molecule is CCOC(=O)Nc1ccc(S(=O)(=O)N2CC(c3ccccc3)NC2=O)cc1Cl. The van der Waals surface area contributed by atoms with Gasteiger partial charge in [-0.1, -0.05) is 41.9 Å². The maximum Gasteiger partial charge on any atom is 0.411 e. The fraction of sp³-hybridized carbons (Fsp3) is 0.222. The highest BCUT2D eigenvalue weighted by atomic mass is 35.5. The molecule has 3 amide bonds. The molecule has 148 valence electrons. The van der Waals surface area contributed by atoms with Gasteiger partial charge in [-0.25, -0.2) is 22.3 Å². The van der Waals surface area contributed by atoms with E-state index in [1.54, 1.807) is 6.92 Å². The van der Waals surface area contributed by atoms with E-state index in [0.29, 0.717) is 0 Å². The van der Waals surface area contributed by atoms with E-state index < -0.39 is 28.2 Å². The number of nitrogens with one attached hydrogen (secondary N) is 2. The van der Waals surface area contributed by atoms with Crippen molar-refractivity contribution in [2.75, 3.05) is 18.5 Å². The van der Waals surface area contributed by atoms with Gasteiger partial charge in [0, 0.05) is 0 Å². The number of rotatable bonds is 5. The Morgan fingerprint density at radius 2 is 2.00 bits per heavy atom. The van der Waals surface area contributed by atoms with E-state index in [4.69, 9.17) is 16.3 Å². The van der Waals surface area contributed by atoms with Crippen molar-refractivity contribution < 1.29 is 22.7 Å². The number of anilines is 1. The van der Waals surface area contributed by atoms with Gasteiger partial charge in [0.1, 0.15) is 0 Å². The predicted molar refractivity (Wildman–Crippen MR) is 104 cm³/mol. The van der Waals surface area contributed by atoms with Gasteiger partial charge in [-0.2, -0.15) is 0 Å². The number of urea groups is 1. The maximum absolute atomic E-state index is 12.9. The number of halogens is 1. The van der Waals surface area contributed by atoms with Gasteiger partial charge in [-0.15, -0.1) is 0 Å². The van der Waals surface area contributed by atoms with Crippen molar-refractivity contribution in [1.29, 1.82) is 0 Å². The first-order valence-electron chi connectivity index (χ1n) is 8.44. The molecule has 8 nitrogen and oxygen atoms in total. The normalized spacial score (nSPS) is 16.6. The Balaban J connectivity index is 1.82. The second kappa shape index (κ2) is 8.07. The Morgan fingerprint density at radius 1 is 1.29 bits per heavy atom. The highest BCUT2D eigenvalue weighted by Gasteiger charge is 2.38. The lowest BCUT2D eigenvalue weighted by atomic mass is 10.1. The molecule has 3 rings (SSSR count). The van der Waals surface area contributed by atoms with Gasteiger partial charge in [-0.05, 0) is 30.7 Å². The Morgan fingerprint density at radius 3 is 2.64 bits per heavy atom. The first-order valence-corrected chi connectivity index (χ1v) is 10.3. The first kappa shape index (κ1) is 20.0. The molecule has 2 aromatic rings. The summed E-state index contributed by atoms with van der Waals surface area (Å²) in [6, 6.07) is 11.7. The van der Waals surface area contributed by atoms with Crippen LogP contribution in [0.25, 0.3) is 0 Å². The number of carbonyl (C=O) groups is 2. The molecule has 1 fully saturated rings. The molecule has 0 radical (unpaired) electrons. The molecule has 1 saturated heterocycles. The number of ether oxygens (including phenoxy) is 1. The van der Waals surface area contributed by atoms with Crippen LogP contribution in [-0.2, 0) is 14.8 Å². The Kier molecular flexibility index (Phi) is 5.76. The van der Waals surface area contributed by atoms with Crippen LogP contribution in [0.1, 0.15) is 18.5 Å². The Bertz CT molecular complexity index is 998. The average molecular weight is 424 g/mol. The smallest absolute Gasteiger partial charge is 0.411 e. The third-order valence-electron chi connectivity index (χ3n) is 4.12. The molecule has 1 unspecified atom stereocenters. The second-order valence-electron chi connectivity index (χ2n) is 5.94. The summed E-state index contributed by atoms with van der Waals surface area (Å²) < 4.78 is 31.3. The standard InChI is InChI=1S/C18H18ClN3O5S/c1-2-27-18(24)21-15-9-8-13(10-14(15)19)28(25,26)22-11-16(20-17(22)23)12-6-4-3-5-7-12/h3-10,16H,2,11H2,1H3,(H,20,23)(H,21,24). The fourth-order valence-corrected chi connectivity index (χ4v) is 4.43. The molecule has 2 N–H and O–H groups in total. The molecule has 1 heterocycles. The molecule has 10 heteroatoms. The van der Waals surface area contributed by atoms with Gasteiger partial charge >= 0.3 is 12.1 Å². The highest BCUT2D eigenvalue weighted by molar-refractivity contribution is 7.89. The van der Waals surface area contributed by atoms with Gasteiger partial charge in [0.15, 0.2) is 0 Å². The summed E-state index contributed by atoms with van der Waals surface area (Å²) in [5.41, 5.74) is 1.01. The van der Waals surface area contributed by atoms with Crippen LogP contribution in [-0.4, -0.2) is 38.0 Å². The van der Waals surface area contributed by atoms with Crippen molar-refractivity contribution >= 4 is 39.4 Å². The number of benzene rings is 2. The number of carbonyl (C=O) groups excluding carboxylic acids is 2. The maximum atomic E-state index is 12.9. The number of amides is 3. The Labute approximate surface area is 167 Å². The van der Waals surface area contributed by atoms with E-state index in [2.05, 4.69) is 10.6 Å². The van der Waals surface area contributed by atoms with Crippen LogP contribution in [0.4, 0.5) is 15.3 Å². The molecule has 1 aliphatic rings. The molecule has 0 saturated carbocycles. The van der Waals surface area contributed by atoms with E-state index in [1.165, 1.54) is 18.2 Å². The van der Waals surface area contributed by atoms with Gasteiger partial charge in [0.05, 0.1) is 34.8 Å². The second-order valence-corrected chi connectivity index (χ2v) is 8.21. The third kappa shape index (κ3) is 4.05. The van der Waals surface area contributed by atoms with Crippen LogP contribution in [0.2, 0.25) is 5.02 Å². The van der Waals surface area contributed by atoms with E-state index in [1.807, 2.05) is 30.3 Å². The lowest BCUT2D eigenvalue weighted by molar-refractivity contribution is 0.168. The van der Waals surface area contributed by atoms with E-state index in [0.717, 1.165) is 9.87 Å². The fourth-order valence-electron chi connectivity index (χ4n) is 2.76. The predicted octanol–water partition coefficient (Wildman–Crippen LogP) is 3.36. The molecule has 1 aliphatic heterocycles. The van der Waals surface area contributed by atoms with Crippen LogP contribution < -0.4 is 10.6 Å². The minimum atomic E-state index is -4.11. The summed E-state index contributed by atoms with van der Waals surface area (Å²) in [6.07, 6.45) is -0.704. The van der Waals surface area contributed by atoms with Crippen molar-refractivity contribution in [3.8, 4) is 0 Å².